The third-order valence-corrected chi connectivity index (χ3v) is 5.67. The zero-order valence-electron chi connectivity index (χ0n) is 13.9. The van der Waals surface area contributed by atoms with E-state index in [1.807, 2.05) is 25.1 Å². The number of benzene rings is 2. The van der Waals surface area contributed by atoms with Crippen molar-refractivity contribution in [3.05, 3.63) is 54.1 Å². The van der Waals surface area contributed by atoms with Gasteiger partial charge in [-0.2, -0.15) is 0 Å². The van der Waals surface area contributed by atoms with Gasteiger partial charge in [0, 0.05) is 11.6 Å². The van der Waals surface area contributed by atoms with E-state index >= 15 is 0 Å². The van der Waals surface area contributed by atoms with Crippen molar-refractivity contribution in [2.24, 2.45) is 5.92 Å². The smallest absolute Gasteiger partial charge is 0.228 e. The molecule has 0 bridgehead atoms. The minimum absolute atomic E-state index is 0.179. The molecule has 5 nitrogen and oxygen atoms in total. The topological polar surface area (TPSA) is 72.5 Å². The molecule has 128 valence electrons. The number of hydrogen-bond acceptors (Lipinski definition) is 4. The number of aryl methyl sites for hydroxylation is 1. The Bertz CT molecular complexity index is 813. The van der Waals surface area contributed by atoms with Crippen molar-refractivity contribution in [2.45, 2.75) is 18.7 Å². The zero-order chi connectivity index (χ0) is 17.7. The largest absolute Gasteiger partial charge is 0.497 e. The maximum atomic E-state index is 12.4. The Morgan fingerprint density at radius 1 is 1.12 bits per heavy atom. The average Bonchev–Trinajstić information content (AvgIpc) is 2.56. The highest BCUT2D eigenvalue weighted by molar-refractivity contribution is 7.91. The highest BCUT2D eigenvalue weighted by Gasteiger charge is 2.23. The summed E-state index contributed by atoms with van der Waals surface area (Å²) in [5.74, 6) is -0.658. The van der Waals surface area contributed by atoms with Crippen LogP contribution in [0.2, 0.25) is 0 Å². The molecule has 0 aromatic heterocycles. The Kier molecular flexibility index (Phi) is 5.62. The van der Waals surface area contributed by atoms with E-state index in [2.05, 4.69) is 5.32 Å². The summed E-state index contributed by atoms with van der Waals surface area (Å²) in [6, 6.07) is 13.5. The summed E-state index contributed by atoms with van der Waals surface area (Å²) < 4.78 is 29.9. The number of hydrogen-bond donors (Lipinski definition) is 1. The molecule has 1 N–H and O–H groups in total. The van der Waals surface area contributed by atoms with Gasteiger partial charge in [0.25, 0.3) is 0 Å². The van der Waals surface area contributed by atoms with E-state index in [1.165, 1.54) is 19.2 Å². The Labute approximate surface area is 142 Å². The second-order valence-corrected chi connectivity index (χ2v) is 7.70. The second-order valence-electron chi connectivity index (χ2n) is 5.66. The molecule has 0 saturated carbocycles. The number of carbonyl (C=O) groups is 1. The molecule has 1 amide bonds. The molecule has 1 atom stereocenters. The van der Waals surface area contributed by atoms with Gasteiger partial charge in [-0.15, -0.1) is 0 Å². The molecule has 0 unspecified atom stereocenters. The second kappa shape index (κ2) is 7.49. The average molecular weight is 347 g/mol. The van der Waals surface area contributed by atoms with E-state index in [9.17, 15) is 13.2 Å². The van der Waals surface area contributed by atoms with Crippen LogP contribution in [0.3, 0.4) is 0 Å². The Morgan fingerprint density at radius 2 is 1.75 bits per heavy atom. The summed E-state index contributed by atoms with van der Waals surface area (Å²) in [4.78, 5) is 12.5. The number of nitrogens with one attached hydrogen (secondary N) is 1. The first-order chi connectivity index (χ1) is 11.3. The van der Waals surface area contributed by atoms with E-state index in [4.69, 9.17) is 4.74 Å². The van der Waals surface area contributed by atoms with Crippen molar-refractivity contribution in [3.63, 3.8) is 0 Å². The molecule has 2 rings (SSSR count). The summed E-state index contributed by atoms with van der Waals surface area (Å²) in [6.45, 7) is 3.49. The minimum atomic E-state index is -3.55. The van der Waals surface area contributed by atoms with Crippen LogP contribution < -0.4 is 10.1 Å². The molecule has 2 aromatic rings. The number of ether oxygens (including phenoxy) is 1. The fourth-order valence-corrected chi connectivity index (χ4v) is 3.81. The molecule has 0 radical (unpaired) electrons. The van der Waals surface area contributed by atoms with Crippen LogP contribution in [0.1, 0.15) is 12.5 Å². The lowest BCUT2D eigenvalue weighted by molar-refractivity contribution is -0.118. The molecular formula is C18H21NO4S. The third-order valence-electron chi connectivity index (χ3n) is 3.74. The highest BCUT2D eigenvalue weighted by Crippen LogP contribution is 2.20. The van der Waals surface area contributed by atoms with Gasteiger partial charge in [0.05, 0.1) is 17.8 Å². The van der Waals surface area contributed by atoms with Crippen LogP contribution in [0.25, 0.3) is 0 Å². The predicted octanol–water partition coefficient (Wildman–Crippen LogP) is 3.05. The first kappa shape index (κ1) is 18.0. The van der Waals surface area contributed by atoms with Crippen LogP contribution in [0.5, 0.6) is 5.75 Å². The molecule has 0 heterocycles. The normalized spacial score (nSPS) is 12.5. The summed E-state index contributed by atoms with van der Waals surface area (Å²) in [6.07, 6.45) is 0. The highest BCUT2D eigenvalue weighted by atomic mass is 32.2. The summed E-state index contributed by atoms with van der Waals surface area (Å²) in [7, 11) is -2.03. The molecule has 0 fully saturated rings. The maximum Gasteiger partial charge on any atom is 0.228 e. The van der Waals surface area contributed by atoms with Gasteiger partial charge in [0.15, 0.2) is 9.84 Å². The fourth-order valence-electron chi connectivity index (χ4n) is 2.25. The van der Waals surface area contributed by atoms with Gasteiger partial charge in [0.2, 0.25) is 5.91 Å². The molecular weight excluding hydrogens is 326 g/mol. The van der Waals surface area contributed by atoms with Crippen molar-refractivity contribution >= 4 is 21.4 Å². The van der Waals surface area contributed by atoms with Crippen LogP contribution in [0, 0.1) is 12.8 Å². The number of sulfone groups is 1. The van der Waals surface area contributed by atoms with Crippen LogP contribution in [0.15, 0.2) is 53.4 Å². The molecule has 0 aliphatic rings. The molecule has 0 aliphatic carbocycles. The summed E-state index contributed by atoms with van der Waals surface area (Å²) >= 11 is 0. The van der Waals surface area contributed by atoms with E-state index in [0.29, 0.717) is 11.4 Å². The molecule has 0 saturated heterocycles. The quantitative estimate of drug-likeness (QED) is 0.872. The molecule has 24 heavy (non-hydrogen) atoms. The SMILES string of the molecule is COc1ccc(S(=O)(=O)C[C@H](C)C(=O)Nc2ccccc2C)cc1. The standard InChI is InChI=1S/C18H21NO4S/c1-13-6-4-5-7-17(13)19-18(20)14(2)12-24(21,22)16-10-8-15(23-3)9-11-16/h4-11,14H,12H2,1-3H3,(H,19,20)/t14-/m0/s1. The molecule has 0 aliphatic heterocycles. The van der Waals surface area contributed by atoms with Gasteiger partial charge in [-0.1, -0.05) is 25.1 Å². The first-order valence-corrected chi connectivity index (χ1v) is 9.22. The van der Waals surface area contributed by atoms with Crippen molar-refractivity contribution in [1.29, 1.82) is 0 Å². The number of rotatable bonds is 6. The van der Waals surface area contributed by atoms with E-state index < -0.39 is 15.8 Å². The lowest BCUT2D eigenvalue weighted by Gasteiger charge is -2.14. The maximum absolute atomic E-state index is 12.4. The van der Waals surface area contributed by atoms with Gasteiger partial charge in [0.1, 0.15) is 5.75 Å². The van der Waals surface area contributed by atoms with E-state index in [-0.39, 0.29) is 16.6 Å². The Hall–Kier alpha value is -2.34. The van der Waals surface area contributed by atoms with Gasteiger partial charge >= 0.3 is 0 Å². The number of methoxy groups -OCH3 is 1. The number of anilines is 1. The fraction of sp³-hybridized carbons (Fsp3) is 0.278. The third kappa shape index (κ3) is 4.35. The molecule has 6 heteroatoms. The van der Waals surface area contributed by atoms with Crippen molar-refractivity contribution in [2.75, 3.05) is 18.2 Å². The van der Waals surface area contributed by atoms with Gasteiger partial charge in [-0.25, -0.2) is 8.42 Å². The van der Waals surface area contributed by atoms with Crippen molar-refractivity contribution in [1.82, 2.24) is 0 Å². The van der Waals surface area contributed by atoms with Gasteiger partial charge < -0.3 is 10.1 Å². The Morgan fingerprint density at radius 3 is 2.33 bits per heavy atom. The first-order valence-electron chi connectivity index (χ1n) is 7.57. The molecule has 0 spiro atoms. The van der Waals surface area contributed by atoms with Crippen LogP contribution >= 0.6 is 0 Å². The number of amides is 1. The lowest BCUT2D eigenvalue weighted by Crippen LogP contribution is -2.27. The summed E-state index contributed by atoms with van der Waals surface area (Å²) in [5.41, 5.74) is 1.62. The monoisotopic (exact) mass is 347 g/mol. The van der Waals surface area contributed by atoms with Gasteiger partial charge in [-0.05, 0) is 42.8 Å². The Balaban J connectivity index is 2.08. The van der Waals surface area contributed by atoms with Crippen LogP contribution in [-0.4, -0.2) is 27.2 Å². The van der Waals surface area contributed by atoms with Crippen LogP contribution in [-0.2, 0) is 14.6 Å². The van der Waals surface area contributed by atoms with E-state index in [1.54, 1.807) is 25.1 Å². The van der Waals surface area contributed by atoms with Crippen molar-refractivity contribution < 1.29 is 17.9 Å². The van der Waals surface area contributed by atoms with E-state index in [0.717, 1.165) is 5.56 Å². The van der Waals surface area contributed by atoms with Crippen LogP contribution in [0.4, 0.5) is 5.69 Å². The zero-order valence-corrected chi connectivity index (χ0v) is 14.8. The minimum Gasteiger partial charge on any atom is -0.497 e. The van der Waals surface area contributed by atoms with Gasteiger partial charge in [-0.3, -0.25) is 4.79 Å². The van der Waals surface area contributed by atoms with Crippen molar-refractivity contribution in [3.8, 4) is 5.75 Å². The predicted molar refractivity (Wildman–Crippen MR) is 94.0 cm³/mol. The number of para-hydroxylation sites is 1. The summed E-state index contributed by atoms with van der Waals surface area (Å²) in [5, 5.41) is 2.78. The lowest BCUT2D eigenvalue weighted by atomic mass is 10.1. The number of carbonyl (C=O) groups excluding carboxylic acids is 1. The molecule has 2 aromatic carbocycles.